The van der Waals surface area contributed by atoms with Gasteiger partial charge in [0.05, 0.1) is 49.7 Å². The molecule has 46 heavy (non-hydrogen) atoms. The number of thiophene rings is 1. The smallest absolute Gasteiger partial charge is 0.253 e. The Hall–Kier alpha value is -4.94. The number of hydrazone groups is 1. The Morgan fingerprint density at radius 1 is 0.935 bits per heavy atom. The molecule has 5 aromatic rings. The van der Waals surface area contributed by atoms with Gasteiger partial charge in [-0.3, -0.25) is 9.59 Å². The fraction of sp³-hybridized carbons (Fsp3) is 0.206. The number of carbonyl (C=O) groups excluding carboxylic acids is 2. The van der Waals surface area contributed by atoms with E-state index in [2.05, 4.69) is 15.5 Å². The number of benzene rings is 3. The minimum Gasteiger partial charge on any atom is -0.497 e. The van der Waals surface area contributed by atoms with Crippen molar-refractivity contribution >= 4 is 40.6 Å². The number of aromatic nitrogens is 3. The summed E-state index contributed by atoms with van der Waals surface area (Å²) in [6.45, 7) is 0.637. The third kappa shape index (κ3) is 7.13. The molecule has 1 atom stereocenters. The first-order valence-corrected chi connectivity index (χ1v) is 16.5. The molecule has 1 aliphatic heterocycles. The van der Waals surface area contributed by atoms with Crippen molar-refractivity contribution in [2.24, 2.45) is 5.10 Å². The van der Waals surface area contributed by atoms with Crippen LogP contribution in [0.4, 0.5) is 0 Å². The van der Waals surface area contributed by atoms with E-state index in [1.807, 2.05) is 76.7 Å². The van der Waals surface area contributed by atoms with Gasteiger partial charge in [-0.1, -0.05) is 66.4 Å². The van der Waals surface area contributed by atoms with Crippen LogP contribution in [-0.2, 0) is 17.9 Å². The highest BCUT2D eigenvalue weighted by Gasteiger charge is 2.33. The standard InChI is InChI=1S/C34H32N6O4S2/c1-43-26-15-13-24(14-16-26)29-19-28(30-12-7-17-45-30)38-40(29)32(41)22-46-34-37-36-31(39(34)21-23-8-4-3-5-9-23)20-35-33(42)25-10-6-11-27(18-25)44-2/h3-18,29H,19-22H2,1-2H3,(H,35,42)/t29-/m1/s1. The van der Waals surface area contributed by atoms with Crippen LogP contribution in [-0.4, -0.2) is 57.3 Å². The maximum atomic E-state index is 13.8. The molecule has 0 radical (unpaired) electrons. The Balaban J connectivity index is 1.20. The minimum absolute atomic E-state index is 0.108. The zero-order chi connectivity index (χ0) is 31.9. The van der Waals surface area contributed by atoms with Gasteiger partial charge < -0.3 is 19.4 Å². The topological polar surface area (TPSA) is 111 Å². The fourth-order valence-corrected chi connectivity index (χ4v) is 6.65. The largest absolute Gasteiger partial charge is 0.497 e. The molecule has 0 saturated carbocycles. The Morgan fingerprint density at radius 2 is 1.74 bits per heavy atom. The first-order chi connectivity index (χ1) is 22.5. The number of ether oxygens (including phenoxy) is 2. The van der Waals surface area contributed by atoms with Crippen molar-refractivity contribution in [1.82, 2.24) is 25.1 Å². The summed E-state index contributed by atoms with van der Waals surface area (Å²) in [4.78, 5) is 27.8. The lowest BCUT2D eigenvalue weighted by Crippen LogP contribution is -2.28. The highest BCUT2D eigenvalue weighted by molar-refractivity contribution is 7.99. The highest BCUT2D eigenvalue weighted by atomic mass is 32.2. The van der Waals surface area contributed by atoms with Crippen molar-refractivity contribution in [2.45, 2.75) is 30.7 Å². The van der Waals surface area contributed by atoms with Gasteiger partial charge in [-0.2, -0.15) is 5.10 Å². The molecule has 12 heteroatoms. The van der Waals surface area contributed by atoms with E-state index in [1.165, 1.54) is 11.8 Å². The Kier molecular flexibility index (Phi) is 9.75. The molecule has 0 bridgehead atoms. The molecule has 2 aromatic heterocycles. The van der Waals surface area contributed by atoms with Crippen molar-refractivity contribution in [3.63, 3.8) is 0 Å². The molecular weight excluding hydrogens is 621 g/mol. The van der Waals surface area contributed by atoms with E-state index in [1.54, 1.807) is 54.8 Å². The van der Waals surface area contributed by atoms with Gasteiger partial charge in [0.15, 0.2) is 11.0 Å². The molecule has 10 nitrogen and oxygen atoms in total. The SMILES string of the molecule is COc1ccc([C@H]2CC(c3cccs3)=NN2C(=O)CSc2nnc(CNC(=O)c3cccc(OC)c3)n2Cc2ccccc2)cc1. The Morgan fingerprint density at radius 3 is 2.48 bits per heavy atom. The molecule has 0 fully saturated rings. The van der Waals surface area contributed by atoms with Gasteiger partial charge in [0, 0.05) is 12.0 Å². The van der Waals surface area contributed by atoms with E-state index in [4.69, 9.17) is 14.6 Å². The lowest BCUT2D eigenvalue weighted by molar-refractivity contribution is -0.130. The van der Waals surface area contributed by atoms with E-state index < -0.39 is 0 Å². The van der Waals surface area contributed by atoms with E-state index in [0.29, 0.717) is 35.3 Å². The number of nitrogens with zero attached hydrogens (tertiary/aromatic N) is 5. The second-order valence-electron chi connectivity index (χ2n) is 10.4. The Labute approximate surface area is 275 Å². The van der Waals surface area contributed by atoms with Crippen LogP contribution in [0, 0.1) is 0 Å². The van der Waals surface area contributed by atoms with Gasteiger partial charge in [-0.05, 0) is 52.9 Å². The van der Waals surface area contributed by atoms with Crippen molar-refractivity contribution < 1.29 is 19.1 Å². The third-order valence-corrected chi connectivity index (χ3v) is 9.38. The highest BCUT2D eigenvalue weighted by Crippen LogP contribution is 2.35. The molecule has 0 unspecified atom stereocenters. The van der Waals surface area contributed by atoms with Gasteiger partial charge in [-0.15, -0.1) is 21.5 Å². The van der Waals surface area contributed by atoms with E-state index in [9.17, 15) is 9.59 Å². The van der Waals surface area contributed by atoms with Crippen molar-refractivity contribution in [1.29, 1.82) is 0 Å². The molecule has 0 spiro atoms. The predicted octanol–water partition coefficient (Wildman–Crippen LogP) is 5.81. The van der Waals surface area contributed by atoms with Crippen molar-refractivity contribution in [3.05, 3.63) is 124 Å². The van der Waals surface area contributed by atoms with Crippen LogP contribution in [0.1, 0.15) is 44.6 Å². The lowest BCUT2D eigenvalue weighted by Gasteiger charge is -2.22. The number of thioether (sulfide) groups is 1. The average molecular weight is 653 g/mol. The summed E-state index contributed by atoms with van der Waals surface area (Å²) in [5.74, 6) is 1.64. The maximum Gasteiger partial charge on any atom is 0.253 e. The molecule has 234 valence electrons. The summed E-state index contributed by atoms with van der Waals surface area (Å²) in [7, 11) is 3.19. The summed E-state index contributed by atoms with van der Waals surface area (Å²) in [6, 6.07) is 28.4. The van der Waals surface area contributed by atoms with Gasteiger partial charge >= 0.3 is 0 Å². The third-order valence-electron chi connectivity index (χ3n) is 7.51. The first kappa shape index (κ1) is 31.1. The minimum atomic E-state index is -0.254. The second-order valence-corrected chi connectivity index (χ2v) is 12.3. The zero-order valence-corrected chi connectivity index (χ0v) is 27.0. The predicted molar refractivity (Wildman–Crippen MR) is 179 cm³/mol. The first-order valence-electron chi connectivity index (χ1n) is 14.6. The number of methoxy groups -OCH3 is 2. The van der Waals surface area contributed by atoms with Crippen LogP contribution in [0.15, 0.2) is 107 Å². The zero-order valence-electron chi connectivity index (χ0n) is 25.3. The molecule has 0 aliphatic carbocycles. The van der Waals surface area contributed by atoms with Gasteiger partial charge in [0.25, 0.3) is 11.8 Å². The maximum absolute atomic E-state index is 13.8. The molecular formula is C34H32N6O4S2. The van der Waals surface area contributed by atoms with Crippen LogP contribution in [0.25, 0.3) is 0 Å². The normalized spacial score (nSPS) is 14.2. The van der Waals surface area contributed by atoms with Crippen LogP contribution in [0.5, 0.6) is 11.5 Å². The molecule has 1 aliphatic rings. The van der Waals surface area contributed by atoms with Gasteiger partial charge in [-0.25, -0.2) is 5.01 Å². The molecule has 1 N–H and O–H groups in total. The van der Waals surface area contributed by atoms with E-state index in [0.717, 1.165) is 27.5 Å². The van der Waals surface area contributed by atoms with Crippen molar-refractivity contribution in [3.8, 4) is 11.5 Å². The van der Waals surface area contributed by atoms with Crippen LogP contribution >= 0.6 is 23.1 Å². The number of hydrogen-bond donors (Lipinski definition) is 1. The quantitative estimate of drug-likeness (QED) is 0.170. The second kappa shape index (κ2) is 14.4. The monoisotopic (exact) mass is 652 g/mol. The number of nitrogens with one attached hydrogen (secondary N) is 1. The lowest BCUT2D eigenvalue weighted by atomic mass is 10.0. The van der Waals surface area contributed by atoms with Crippen molar-refractivity contribution in [2.75, 3.05) is 20.0 Å². The number of amides is 2. The molecule has 6 rings (SSSR count). The van der Waals surface area contributed by atoms with Crippen LogP contribution in [0.3, 0.4) is 0 Å². The van der Waals surface area contributed by atoms with E-state index in [-0.39, 0.29) is 30.2 Å². The average Bonchev–Trinajstić information content (AvgIpc) is 3.88. The number of hydrogen-bond acceptors (Lipinski definition) is 9. The van der Waals surface area contributed by atoms with E-state index >= 15 is 0 Å². The van der Waals surface area contributed by atoms with Gasteiger partial charge in [0.1, 0.15) is 11.5 Å². The molecule has 3 aromatic carbocycles. The molecule has 2 amide bonds. The molecule has 3 heterocycles. The Bertz CT molecular complexity index is 1820. The molecule has 0 saturated heterocycles. The summed E-state index contributed by atoms with van der Waals surface area (Å²) in [5.41, 5.74) is 3.39. The number of carbonyl (C=O) groups is 2. The van der Waals surface area contributed by atoms with Gasteiger partial charge in [0.2, 0.25) is 0 Å². The van der Waals surface area contributed by atoms with Crippen LogP contribution in [0.2, 0.25) is 0 Å². The summed E-state index contributed by atoms with van der Waals surface area (Å²) in [5, 5.41) is 20.7. The summed E-state index contributed by atoms with van der Waals surface area (Å²) < 4.78 is 12.5. The summed E-state index contributed by atoms with van der Waals surface area (Å²) >= 11 is 2.91. The summed E-state index contributed by atoms with van der Waals surface area (Å²) in [6.07, 6.45) is 0.616. The number of rotatable bonds is 12. The fourth-order valence-electron chi connectivity index (χ4n) is 5.12. The van der Waals surface area contributed by atoms with Crippen LogP contribution < -0.4 is 14.8 Å².